The molecule has 2 aliphatic rings. The van der Waals surface area contributed by atoms with Crippen molar-refractivity contribution in [3.8, 4) is 0 Å². The molecule has 0 saturated carbocycles. The van der Waals surface area contributed by atoms with Gasteiger partial charge in [-0.25, -0.2) is 4.68 Å². The van der Waals surface area contributed by atoms with Crippen molar-refractivity contribution in [2.45, 2.75) is 25.3 Å². The molecule has 5 nitrogen and oxygen atoms in total. The van der Waals surface area contributed by atoms with Crippen LogP contribution in [-0.2, 0) is 4.79 Å². The van der Waals surface area contributed by atoms with Gasteiger partial charge >= 0.3 is 0 Å². The molecule has 1 aliphatic heterocycles. The lowest BCUT2D eigenvalue weighted by Crippen LogP contribution is -2.40. The van der Waals surface area contributed by atoms with Crippen LogP contribution >= 0.6 is 11.6 Å². The maximum absolute atomic E-state index is 13.3. The second kappa shape index (κ2) is 6.60. The molecule has 0 saturated heterocycles. The summed E-state index contributed by atoms with van der Waals surface area (Å²) in [6.07, 6.45) is 4.18. The number of ketones is 1. The van der Waals surface area contributed by atoms with E-state index < -0.39 is 0 Å². The van der Waals surface area contributed by atoms with Crippen LogP contribution in [-0.4, -0.2) is 20.5 Å². The maximum atomic E-state index is 13.3. The van der Waals surface area contributed by atoms with Gasteiger partial charge in [-0.3, -0.25) is 4.79 Å². The fourth-order valence-electron chi connectivity index (χ4n) is 4.20. The predicted molar refractivity (Wildman–Crippen MR) is 108 cm³/mol. The number of rotatable bonds is 2. The highest BCUT2D eigenvalue weighted by molar-refractivity contribution is 6.30. The second-order valence-corrected chi connectivity index (χ2v) is 7.87. The molecule has 0 spiro atoms. The summed E-state index contributed by atoms with van der Waals surface area (Å²) >= 11 is 6.07. The summed E-state index contributed by atoms with van der Waals surface area (Å²) in [4.78, 5) is 17.6. The number of aryl methyl sites for hydroxylation is 1. The highest BCUT2D eigenvalue weighted by Crippen LogP contribution is 2.44. The Kier molecular flexibility index (Phi) is 4.05. The summed E-state index contributed by atoms with van der Waals surface area (Å²) < 4.78 is 1.80. The van der Waals surface area contributed by atoms with E-state index in [0.29, 0.717) is 17.4 Å². The van der Waals surface area contributed by atoms with Crippen molar-refractivity contribution in [3.63, 3.8) is 0 Å². The van der Waals surface area contributed by atoms with Crippen molar-refractivity contribution in [1.82, 2.24) is 14.8 Å². The first-order valence-corrected chi connectivity index (χ1v) is 9.71. The van der Waals surface area contributed by atoms with Crippen LogP contribution in [0.4, 0.5) is 5.95 Å². The van der Waals surface area contributed by atoms with Gasteiger partial charge in [-0.2, -0.15) is 10.1 Å². The third-order valence-corrected chi connectivity index (χ3v) is 5.86. The molecule has 3 aromatic rings. The first-order valence-electron chi connectivity index (χ1n) is 9.33. The fourth-order valence-corrected chi connectivity index (χ4v) is 4.32. The topological polar surface area (TPSA) is 59.8 Å². The third-order valence-electron chi connectivity index (χ3n) is 5.61. The van der Waals surface area contributed by atoms with Crippen LogP contribution in [0.25, 0.3) is 0 Å². The summed E-state index contributed by atoms with van der Waals surface area (Å²) in [5.74, 6) is 0.612. The lowest BCUT2D eigenvalue weighted by molar-refractivity contribution is -0.123. The smallest absolute Gasteiger partial charge is 0.226 e. The Bertz CT molecular complexity index is 1070. The molecule has 0 fully saturated rings. The van der Waals surface area contributed by atoms with Crippen molar-refractivity contribution in [2.75, 3.05) is 5.32 Å². The molecule has 140 valence electrons. The first-order chi connectivity index (χ1) is 13.6. The number of hydrogen-bond acceptors (Lipinski definition) is 4. The number of hydrogen-bond donors (Lipinski definition) is 1. The fraction of sp³-hybridized carbons (Fsp3) is 0.227. The van der Waals surface area contributed by atoms with E-state index in [9.17, 15) is 4.79 Å². The molecule has 0 radical (unpaired) electrons. The number of nitrogens with zero attached hydrogens (tertiary/aromatic N) is 3. The Balaban J connectivity index is 1.60. The Morgan fingerprint density at radius 2 is 1.79 bits per heavy atom. The summed E-state index contributed by atoms with van der Waals surface area (Å²) in [5, 5.41) is 8.38. The zero-order valence-electron chi connectivity index (χ0n) is 15.3. The summed E-state index contributed by atoms with van der Waals surface area (Å²) in [5.41, 5.74) is 4.27. The molecule has 3 atom stereocenters. The monoisotopic (exact) mass is 390 g/mol. The molecule has 28 heavy (non-hydrogen) atoms. The largest absolute Gasteiger partial charge is 0.328 e. The highest BCUT2D eigenvalue weighted by Gasteiger charge is 2.43. The first kappa shape index (κ1) is 17.2. The number of nitrogens with one attached hydrogen (secondary N) is 1. The van der Waals surface area contributed by atoms with Crippen LogP contribution in [0.3, 0.4) is 0 Å². The predicted octanol–water partition coefficient (Wildman–Crippen LogP) is 4.51. The lowest BCUT2D eigenvalue weighted by atomic mass is 9.75. The number of carbonyl (C=O) groups excluding carboxylic acids is 1. The Morgan fingerprint density at radius 1 is 1.07 bits per heavy atom. The molecule has 0 unspecified atom stereocenters. The van der Waals surface area contributed by atoms with Gasteiger partial charge in [0.2, 0.25) is 5.95 Å². The van der Waals surface area contributed by atoms with Crippen LogP contribution in [0.15, 0.2) is 66.6 Å². The number of allylic oxidation sites excluding steroid dienone is 2. The van der Waals surface area contributed by atoms with Crippen LogP contribution in [0.2, 0.25) is 5.02 Å². The van der Waals surface area contributed by atoms with E-state index in [0.717, 1.165) is 16.8 Å². The van der Waals surface area contributed by atoms with E-state index in [-0.39, 0.29) is 23.7 Å². The van der Waals surface area contributed by atoms with Gasteiger partial charge in [0.25, 0.3) is 0 Å². The maximum Gasteiger partial charge on any atom is 0.226 e. The molecule has 2 aromatic carbocycles. The summed E-state index contributed by atoms with van der Waals surface area (Å²) in [7, 11) is 0. The van der Waals surface area contributed by atoms with E-state index in [1.54, 1.807) is 4.68 Å². The number of fused-ring (bicyclic) bond motifs is 2. The van der Waals surface area contributed by atoms with Crippen molar-refractivity contribution in [2.24, 2.45) is 5.92 Å². The zero-order chi connectivity index (χ0) is 19.3. The number of halogens is 1. The van der Waals surface area contributed by atoms with Crippen LogP contribution < -0.4 is 5.32 Å². The molecule has 1 N–H and O–H groups in total. The standard InChI is InChI=1S/C22H19ClN4O/c1-13-2-4-14(5-3-13)16-10-18-20(19(28)11-16)21(15-6-8-17(23)9-7-15)27-22(26-18)24-12-25-27/h2-10,12,16,20-21H,11H2,1H3,(H,24,25,26)/t16-,20+,21+/m1/s1. The average Bonchev–Trinajstić information content (AvgIpc) is 3.16. The van der Waals surface area contributed by atoms with Gasteiger partial charge in [0.1, 0.15) is 12.1 Å². The van der Waals surface area contributed by atoms with Crippen LogP contribution in [0.1, 0.15) is 35.1 Å². The minimum Gasteiger partial charge on any atom is -0.328 e. The van der Waals surface area contributed by atoms with Crippen molar-refractivity contribution in [3.05, 3.63) is 88.3 Å². The number of anilines is 1. The minimum atomic E-state index is -0.308. The van der Waals surface area contributed by atoms with Crippen molar-refractivity contribution in [1.29, 1.82) is 0 Å². The quantitative estimate of drug-likeness (QED) is 0.699. The van der Waals surface area contributed by atoms with Gasteiger partial charge in [-0.05, 0) is 30.2 Å². The van der Waals surface area contributed by atoms with Gasteiger partial charge in [0.15, 0.2) is 0 Å². The number of aromatic nitrogens is 3. The molecule has 0 bridgehead atoms. The molecule has 5 rings (SSSR count). The molecular weight excluding hydrogens is 372 g/mol. The average molecular weight is 391 g/mol. The van der Waals surface area contributed by atoms with E-state index in [1.165, 1.54) is 11.9 Å². The van der Waals surface area contributed by atoms with E-state index in [4.69, 9.17) is 11.6 Å². The summed E-state index contributed by atoms with van der Waals surface area (Å²) in [6, 6.07) is 15.8. The normalized spacial score (nSPS) is 23.4. The van der Waals surface area contributed by atoms with E-state index >= 15 is 0 Å². The molecule has 0 amide bonds. The number of Topliss-reactive ketones (excluding diaryl/α,β-unsaturated/α-hetero) is 1. The molecule has 2 heterocycles. The Morgan fingerprint density at radius 3 is 2.54 bits per heavy atom. The highest BCUT2D eigenvalue weighted by atomic mass is 35.5. The SMILES string of the molecule is Cc1ccc([C@@H]2C=C3Nc4ncnn4[C@@H](c4ccc(Cl)cc4)[C@@H]3C(=O)C2)cc1. The van der Waals surface area contributed by atoms with Gasteiger partial charge in [-0.1, -0.05) is 59.6 Å². The van der Waals surface area contributed by atoms with Gasteiger partial charge < -0.3 is 5.32 Å². The van der Waals surface area contributed by atoms with Crippen LogP contribution in [0.5, 0.6) is 0 Å². The third kappa shape index (κ3) is 2.83. The molecule has 1 aromatic heterocycles. The van der Waals surface area contributed by atoms with Gasteiger partial charge in [-0.15, -0.1) is 0 Å². The zero-order valence-corrected chi connectivity index (χ0v) is 16.1. The minimum absolute atomic E-state index is 0.0622. The molecular formula is C22H19ClN4O. The summed E-state index contributed by atoms with van der Waals surface area (Å²) in [6.45, 7) is 2.07. The van der Waals surface area contributed by atoms with Gasteiger partial charge in [0.05, 0.1) is 12.0 Å². The Hall–Kier alpha value is -2.92. The second-order valence-electron chi connectivity index (χ2n) is 7.44. The molecule has 1 aliphatic carbocycles. The van der Waals surface area contributed by atoms with Crippen molar-refractivity contribution < 1.29 is 4.79 Å². The lowest BCUT2D eigenvalue weighted by Gasteiger charge is -2.38. The Labute approximate surface area is 168 Å². The number of carbonyl (C=O) groups is 1. The van der Waals surface area contributed by atoms with E-state index in [1.807, 2.05) is 24.3 Å². The van der Waals surface area contributed by atoms with Gasteiger partial charge in [0, 0.05) is 23.1 Å². The van der Waals surface area contributed by atoms with Crippen LogP contribution in [0, 0.1) is 12.8 Å². The van der Waals surface area contributed by atoms with E-state index in [2.05, 4.69) is 52.7 Å². The molecule has 6 heteroatoms. The number of benzene rings is 2. The van der Waals surface area contributed by atoms with Crippen molar-refractivity contribution >= 4 is 23.3 Å².